The van der Waals surface area contributed by atoms with E-state index in [1.165, 1.54) is 12.8 Å². The number of hydrogen-bond acceptors (Lipinski definition) is 1. The maximum absolute atomic E-state index is 13.7. The minimum absolute atomic E-state index is 0.173. The number of halogens is 3. The van der Waals surface area contributed by atoms with Gasteiger partial charge in [-0.15, -0.1) is 11.6 Å². The molecule has 1 aliphatic carbocycles. The third-order valence-corrected chi connectivity index (χ3v) is 4.44. The van der Waals surface area contributed by atoms with Crippen LogP contribution in [0.25, 0.3) is 11.0 Å². The Balaban J connectivity index is 2.07. The second-order valence-corrected chi connectivity index (χ2v) is 6.73. The molecular formula is C14H15BrClFN2. The molecule has 0 saturated heterocycles. The van der Waals surface area contributed by atoms with Crippen molar-refractivity contribution in [3.63, 3.8) is 0 Å². The smallest absolute Gasteiger partial charge is 0.139 e. The molecule has 1 aromatic carbocycles. The Labute approximate surface area is 125 Å². The van der Waals surface area contributed by atoms with E-state index in [9.17, 15) is 4.39 Å². The minimum Gasteiger partial charge on any atom is -0.327 e. The van der Waals surface area contributed by atoms with Crippen LogP contribution in [-0.4, -0.2) is 9.55 Å². The molecule has 2 nitrogen and oxygen atoms in total. The Morgan fingerprint density at radius 3 is 2.89 bits per heavy atom. The van der Waals surface area contributed by atoms with Crippen molar-refractivity contribution in [2.24, 2.45) is 5.92 Å². The van der Waals surface area contributed by atoms with E-state index >= 15 is 0 Å². The van der Waals surface area contributed by atoms with Gasteiger partial charge in [0, 0.05) is 12.6 Å². The van der Waals surface area contributed by atoms with Crippen molar-refractivity contribution in [3.05, 3.63) is 28.2 Å². The summed E-state index contributed by atoms with van der Waals surface area (Å²) in [5.74, 6) is 1.40. The number of fused-ring (bicyclic) bond motifs is 1. The molecule has 1 heterocycles. The maximum atomic E-state index is 13.7. The van der Waals surface area contributed by atoms with Crippen molar-refractivity contribution in [1.29, 1.82) is 0 Å². The lowest BCUT2D eigenvalue weighted by atomic mass is 10.2. The van der Waals surface area contributed by atoms with Gasteiger partial charge in [-0.1, -0.05) is 12.8 Å². The first-order valence-corrected chi connectivity index (χ1v) is 7.78. The van der Waals surface area contributed by atoms with Crippen LogP contribution in [0.5, 0.6) is 0 Å². The van der Waals surface area contributed by atoms with Gasteiger partial charge in [-0.3, -0.25) is 0 Å². The van der Waals surface area contributed by atoms with Crippen LogP contribution in [-0.2, 0) is 6.54 Å². The fourth-order valence-corrected chi connectivity index (χ4v) is 2.89. The van der Waals surface area contributed by atoms with Crippen LogP contribution in [0, 0.1) is 11.7 Å². The Kier molecular flexibility index (Phi) is 3.56. The second-order valence-electron chi connectivity index (χ2n) is 5.22. The fourth-order valence-electron chi connectivity index (χ4n) is 2.40. The van der Waals surface area contributed by atoms with Crippen molar-refractivity contribution in [1.82, 2.24) is 9.55 Å². The lowest BCUT2D eigenvalue weighted by Crippen LogP contribution is -2.05. The highest BCUT2D eigenvalue weighted by molar-refractivity contribution is 9.10. The predicted octanol–water partition coefficient (Wildman–Crippen LogP) is 5.04. The molecule has 1 unspecified atom stereocenters. The average Bonchev–Trinajstić information content (AvgIpc) is 3.11. The van der Waals surface area contributed by atoms with Crippen molar-refractivity contribution in [2.45, 2.75) is 38.1 Å². The van der Waals surface area contributed by atoms with Crippen molar-refractivity contribution < 1.29 is 4.39 Å². The Bertz CT molecular complexity index is 619. The largest absolute Gasteiger partial charge is 0.327 e. The molecule has 2 aromatic rings. The normalized spacial score (nSPS) is 17.1. The highest BCUT2D eigenvalue weighted by Gasteiger charge is 2.23. The zero-order valence-electron chi connectivity index (χ0n) is 10.7. The van der Waals surface area contributed by atoms with E-state index in [2.05, 4.69) is 25.5 Å². The first kappa shape index (κ1) is 13.4. The molecule has 1 saturated carbocycles. The summed E-state index contributed by atoms with van der Waals surface area (Å²) in [6.07, 6.45) is 3.76. The molecule has 0 N–H and O–H groups in total. The summed E-state index contributed by atoms with van der Waals surface area (Å²) in [5, 5.41) is -0.173. The topological polar surface area (TPSA) is 17.8 Å². The molecular weight excluding hydrogens is 331 g/mol. The predicted molar refractivity (Wildman–Crippen MR) is 79.0 cm³/mol. The number of imidazole rings is 1. The van der Waals surface area contributed by atoms with Gasteiger partial charge in [-0.25, -0.2) is 9.37 Å². The number of nitrogens with zero attached hydrogens (tertiary/aromatic N) is 2. The summed E-state index contributed by atoms with van der Waals surface area (Å²) < 4.78 is 16.2. The van der Waals surface area contributed by atoms with Gasteiger partial charge in [0.2, 0.25) is 0 Å². The van der Waals surface area contributed by atoms with E-state index in [1.54, 1.807) is 12.1 Å². The summed E-state index contributed by atoms with van der Waals surface area (Å²) in [6.45, 7) is 2.77. The summed E-state index contributed by atoms with van der Waals surface area (Å²) in [6, 6.07) is 3.27. The molecule has 0 bridgehead atoms. The van der Waals surface area contributed by atoms with Gasteiger partial charge in [0.1, 0.15) is 11.6 Å². The summed E-state index contributed by atoms with van der Waals surface area (Å²) in [7, 11) is 0. The van der Waals surface area contributed by atoms with Crippen LogP contribution in [0.15, 0.2) is 16.6 Å². The van der Waals surface area contributed by atoms with Crippen molar-refractivity contribution in [2.75, 3.05) is 0 Å². The van der Waals surface area contributed by atoms with Gasteiger partial charge < -0.3 is 4.57 Å². The molecule has 1 aromatic heterocycles. The van der Waals surface area contributed by atoms with E-state index in [4.69, 9.17) is 11.6 Å². The highest BCUT2D eigenvalue weighted by Crippen LogP contribution is 2.34. The summed E-state index contributed by atoms with van der Waals surface area (Å²) >= 11 is 9.40. The molecule has 0 radical (unpaired) electrons. The second kappa shape index (κ2) is 5.06. The molecule has 1 aliphatic rings. The van der Waals surface area contributed by atoms with Gasteiger partial charge >= 0.3 is 0 Å². The lowest BCUT2D eigenvalue weighted by molar-refractivity contribution is 0.583. The quantitative estimate of drug-likeness (QED) is 0.710. The number of alkyl halides is 1. The summed E-state index contributed by atoms with van der Waals surface area (Å²) in [5.41, 5.74) is 1.63. The van der Waals surface area contributed by atoms with Gasteiger partial charge in [0.05, 0.1) is 20.9 Å². The van der Waals surface area contributed by atoms with E-state index in [1.807, 2.05) is 6.92 Å². The van der Waals surface area contributed by atoms with Crippen LogP contribution >= 0.6 is 27.5 Å². The molecule has 102 valence electrons. The highest BCUT2D eigenvalue weighted by atomic mass is 79.9. The molecule has 3 rings (SSSR count). The van der Waals surface area contributed by atoms with Gasteiger partial charge in [-0.05, 0) is 41.3 Å². The maximum Gasteiger partial charge on any atom is 0.139 e. The van der Waals surface area contributed by atoms with Crippen LogP contribution in [0.4, 0.5) is 4.39 Å². The van der Waals surface area contributed by atoms with Gasteiger partial charge in [-0.2, -0.15) is 0 Å². The van der Waals surface area contributed by atoms with E-state index < -0.39 is 0 Å². The molecule has 1 atom stereocenters. The fraction of sp³-hybridized carbons (Fsp3) is 0.500. The zero-order valence-corrected chi connectivity index (χ0v) is 13.0. The third-order valence-electron chi connectivity index (χ3n) is 3.63. The monoisotopic (exact) mass is 344 g/mol. The number of hydrogen-bond donors (Lipinski definition) is 0. The Hall–Kier alpha value is -0.610. The molecule has 1 fully saturated rings. The standard InChI is InChI=1S/C14H15BrClFN2/c1-8(16)14-18-12-6-10(15)11(17)7-13(12)19(14)5-4-9-2-3-9/h6-9H,2-5H2,1H3. The average molecular weight is 346 g/mol. The number of aryl methyl sites for hydroxylation is 1. The number of benzene rings is 1. The SMILES string of the molecule is CC(Cl)c1nc2cc(Br)c(F)cc2n1CCC1CC1. The molecule has 19 heavy (non-hydrogen) atoms. The minimum atomic E-state index is -0.256. The van der Waals surface area contributed by atoms with Crippen LogP contribution < -0.4 is 0 Å². The van der Waals surface area contributed by atoms with E-state index in [0.29, 0.717) is 4.47 Å². The molecule has 5 heteroatoms. The molecule has 0 aliphatic heterocycles. The van der Waals surface area contributed by atoms with Crippen LogP contribution in [0.2, 0.25) is 0 Å². The van der Waals surface area contributed by atoms with Gasteiger partial charge in [0.25, 0.3) is 0 Å². The van der Waals surface area contributed by atoms with Gasteiger partial charge in [0.15, 0.2) is 0 Å². The Morgan fingerprint density at radius 1 is 1.53 bits per heavy atom. The van der Waals surface area contributed by atoms with Crippen molar-refractivity contribution in [3.8, 4) is 0 Å². The lowest BCUT2D eigenvalue weighted by Gasteiger charge is -2.10. The van der Waals surface area contributed by atoms with Crippen molar-refractivity contribution >= 4 is 38.6 Å². The van der Waals surface area contributed by atoms with E-state index in [-0.39, 0.29) is 11.2 Å². The first-order valence-electron chi connectivity index (χ1n) is 6.55. The van der Waals surface area contributed by atoms with E-state index in [0.717, 1.165) is 35.7 Å². The first-order chi connectivity index (χ1) is 9.06. The zero-order chi connectivity index (χ0) is 13.6. The Morgan fingerprint density at radius 2 is 2.26 bits per heavy atom. The number of aromatic nitrogens is 2. The molecule has 0 amide bonds. The third kappa shape index (κ3) is 2.65. The van der Waals surface area contributed by atoms with Crippen LogP contribution in [0.1, 0.15) is 37.4 Å². The number of rotatable bonds is 4. The van der Waals surface area contributed by atoms with Crippen LogP contribution in [0.3, 0.4) is 0 Å². The summed E-state index contributed by atoms with van der Waals surface area (Å²) in [4.78, 5) is 4.55. The molecule has 0 spiro atoms.